The lowest BCUT2D eigenvalue weighted by molar-refractivity contribution is -0.135. The van der Waals surface area contributed by atoms with Crippen LogP contribution in [0.5, 0.6) is 0 Å². The molecule has 1 N–H and O–H groups in total. The summed E-state index contributed by atoms with van der Waals surface area (Å²) in [5, 5.41) is 3.26. The van der Waals surface area contributed by atoms with Gasteiger partial charge in [-0.2, -0.15) is 0 Å². The number of rotatable bonds is 5. The number of benzene rings is 2. The molecule has 0 spiro atoms. The Morgan fingerprint density at radius 1 is 1.08 bits per heavy atom. The number of piperidine rings is 1. The molecule has 5 nitrogen and oxygen atoms in total. The molecule has 0 unspecified atom stereocenters. The molecule has 1 heterocycles. The number of anilines is 1. The Balaban J connectivity index is 1.53. The summed E-state index contributed by atoms with van der Waals surface area (Å²) in [6.45, 7) is 1.12. The number of hydrogen-bond donors (Lipinski definition) is 1. The lowest BCUT2D eigenvalue weighted by Gasteiger charge is -2.30. The van der Waals surface area contributed by atoms with Crippen LogP contribution in [0, 0.1) is 5.92 Å². The summed E-state index contributed by atoms with van der Waals surface area (Å²) < 4.78 is 5.29. The molecule has 2 aromatic carbocycles. The van der Waals surface area contributed by atoms with Gasteiger partial charge in [-0.3, -0.25) is 4.79 Å². The maximum absolute atomic E-state index is 12.6. The SMILES string of the molecule is O=C(OCc1ccccc1)N1CCC[C@H](CNc2ccccc2)C1=O. The van der Waals surface area contributed by atoms with Gasteiger partial charge in [-0.15, -0.1) is 0 Å². The van der Waals surface area contributed by atoms with Crippen molar-refractivity contribution in [1.82, 2.24) is 4.90 Å². The highest BCUT2D eigenvalue weighted by Crippen LogP contribution is 2.20. The summed E-state index contributed by atoms with van der Waals surface area (Å²) >= 11 is 0. The molecular formula is C20H22N2O3. The molecule has 1 atom stereocenters. The predicted octanol–water partition coefficient (Wildman–Crippen LogP) is 3.67. The van der Waals surface area contributed by atoms with E-state index >= 15 is 0 Å². The van der Waals surface area contributed by atoms with Crippen LogP contribution in [0.15, 0.2) is 60.7 Å². The average molecular weight is 338 g/mol. The van der Waals surface area contributed by atoms with Crippen LogP contribution in [0.25, 0.3) is 0 Å². The van der Waals surface area contributed by atoms with Gasteiger partial charge in [-0.25, -0.2) is 9.69 Å². The van der Waals surface area contributed by atoms with E-state index in [-0.39, 0.29) is 18.4 Å². The lowest BCUT2D eigenvalue weighted by Crippen LogP contribution is -2.46. The number of hydrogen-bond acceptors (Lipinski definition) is 4. The van der Waals surface area contributed by atoms with Gasteiger partial charge in [0, 0.05) is 18.8 Å². The molecule has 1 aliphatic rings. The van der Waals surface area contributed by atoms with Gasteiger partial charge in [-0.1, -0.05) is 48.5 Å². The van der Waals surface area contributed by atoms with E-state index in [0.29, 0.717) is 13.1 Å². The summed E-state index contributed by atoms with van der Waals surface area (Å²) in [5.74, 6) is -0.369. The predicted molar refractivity (Wildman–Crippen MR) is 96.0 cm³/mol. The van der Waals surface area contributed by atoms with Crippen LogP contribution in [-0.2, 0) is 16.1 Å². The first-order chi connectivity index (χ1) is 12.2. The summed E-state index contributed by atoms with van der Waals surface area (Å²) in [6.07, 6.45) is 1.02. The van der Waals surface area contributed by atoms with Crippen LogP contribution in [0.2, 0.25) is 0 Å². The number of nitrogens with zero attached hydrogens (tertiary/aromatic N) is 1. The second kappa shape index (κ2) is 8.33. The zero-order valence-corrected chi connectivity index (χ0v) is 14.1. The molecule has 0 aromatic heterocycles. The van der Waals surface area contributed by atoms with Gasteiger partial charge >= 0.3 is 6.09 Å². The van der Waals surface area contributed by atoms with Crippen LogP contribution in [0.1, 0.15) is 18.4 Å². The van der Waals surface area contributed by atoms with E-state index in [0.717, 1.165) is 24.1 Å². The first kappa shape index (κ1) is 17.0. The lowest BCUT2D eigenvalue weighted by atomic mass is 9.97. The summed E-state index contributed by atoms with van der Waals surface area (Å²) in [7, 11) is 0. The minimum absolute atomic E-state index is 0.159. The summed E-state index contributed by atoms with van der Waals surface area (Å²) in [6, 6.07) is 19.2. The molecule has 1 fully saturated rings. The molecule has 0 saturated carbocycles. The molecule has 2 amide bonds. The van der Waals surface area contributed by atoms with Gasteiger partial charge in [0.25, 0.3) is 0 Å². The maximum Gasteiger partial charge on any atom is 0.416 e. The second-order valence-corrected chi connectivity index (χ2v) is 6.12. The molecule has 1 aliphatic heterocycles. The Morgan fingerprint density at radius 3 is 2.48 bits per heavy atom. The molecular weight excluding hydrogens is 316 g/mol. The molecule has 1 saturated heterocycles. The van der Waals surface area contributed by atoms with E-state index in [4.69, 9.17) is 4.74 Å². The third kappa shape index (κ3) is 4.59. The number of nitrogens with one attached hydrogen (secondary N) is 1. The Bertz CT molecular complexity index is 703. The smallest absolute Gasteiger partial charge is 0.416 e. The Hall–Kier alpha value is -2.82. The normalized spacial score (nSPS) is 17.2. The van der Waals surface area contributed by atoms with E-state index in [1.165, 1.54) is 4.90 Å². The van der Waals surface area contributed by atoms with E-state index in [9.17, 15) is 9.59 Å². The van der Waals surface area contributed by atoms with Gasteiger partial charge in [-0.05, 0) is 30.5 Å². The number of imide groups is 1. The van der Waals surface area contributed by atoms with Crippen LogP contribution in [0.4, 0.5) is 10.5 Å². The molecule has 0 aliphatic carbocycles. The minimum atomic E-state index is -0.557. The first-order valence-corrected chi connectivity index (χ1v) is 8.55. The zero-order chi connectivity index (χ0) is 17.5. The van der Waals surface area contributed by atoms with Gasteiger partial charge in [0.15, 0.2) is 0 Å². The van der Waals surface area contributed by atoms with Crippen LogP contribution in [-0.4, -0.2) is 30.0 Å². The van der Waals surface area contributed by atoms with E-state index in [1.54, 1.807) is 0 Å². The zero-order valence-electron chi connectivity index (χ0n) is 14.1. The van der Waals surface area contributed by atoms with Crippen molar-refractivity contribution in [3.8, 4) is 0 Å². The molecule has 5 heteroatoms. The maximum atomic E-state index is 12.6. The molecule has 0 bridgehead atoms. The van der Waals surface area contributed by atoms with Gasteiger partial charge in [0.05, 0.1) is 5.92 Å². The molecule has 2 aromatic rings. The number of carbonyl (C=O) groups excluding carboxylic acids is 2. The fraction of sp³-hybridized carbons (Fsp3) is 0.300. The Labute approximate surface area is 147 Å². The van der Waals surface area contributed by atoms with Crippen molar-refractivity contribution < 1.29 is 14.3 Å². The van der Waals surface area contributed by atoms with Crippen molar-refractivity contribution in [1.29, 1.82) is 0 Å². The van der Waals surface area contributed by atoms with Gasteiger partial charge in [0.1, 0.15) is 6.61 Å². The average Bonchev–Trinajstić information content (AvgIpc) is 2.67. The van der Waals surface area contributed by atoms with Gasteiger partial charge < -0.3 is 10.1 Å². The quantitative estimate of drug-likeness (QED) is 0.903. The topological polar surface area (TPSA) is 58.6 Å². The summed E-state index contributed by atoms with van der Waals surface area (Å²) in [5.41, 5.74) is 1.88. The van der Waals surface area contributed by atoms with Crippen molar-refractivity contribution in [3.05, 3.63) is 66.2 Å². The molecule has 25 heavy (non-hydrogen) atoms. The molecule has 0 radical (unpaired) electrons. The number of likely N-dealkylation sites (tertiary alicyclic amines) is 1. The van der Waals surface area contributed by atoms with E-state index in [2.05, 4.69) is 5.32 Å². The molecule has 3 rings (SSSR count). The van der Waals surface area contributed by atoms with Crippen molar-refractivity contribution >= 4 is 17.7 Å². The van der Waals surface area contributed by atoms with E-state index in [1.807, 2.05) is 60.7 Å². The highest BCUT2D eigenvalue weighted by atomic mass is 16.6. The number of para-hydroxylation sites is 1. The fourth-order valence-corrected chi connectivity index (χ4v) is 2.91. The highest BCUT2D eigenvalue weighted by molar-refractivity contribution is 5.94. The van der Waals surface area contributed by atoms with Crippen molar-refractivity contribution in [2.75, 3.05) is 18.4 Å². The third-order valence-electron chi connectivity index (χ3n) is 4.30. The van der Waals surface area contributed by atoms with Crippen LogP contribution < -0.4 is 5.32 Å². The minimum Gasteiger partial charge on any atom is -0.444 e. The number of amides is 2. The fourth-order valence-electron chi connectivity index (χ4n) is 2.91. The standard InChI is InChI=1S/C20H22N2O3/c23-19-17(14-21-18-11-5-2-6-12-18)10-7-13-22(19)20(24)25-15-16-8-3-1-4-9-16/h1-6,8-9,11-12,17,21H,7,10,13-15H2/t17-/m1/s1. The second-order valence-electron chi connectivity index (χ2n) is 6.12. The number of ether oxygens (including phenoxy) is 1. The Morgan fingerprint density at radius 2 is 1.76 bits per heavy atom. The van der Waals surface area contributed by atoms with E-state index < -0.39 is 6.09 Å². The highest BCUT2D eigenvalue weighted by Gasteiger charge is 2.33. The van der Waals surface area contributed by atoms with Gasteiger partial charge in [0.2, 0.25) is 5.91 Å². The van der Waals surface area contributed by atoms with Crippen LogP contribution >= 0.6 is 0 Å². The van der Waals surface area contributed by atoms with Crippen molar-refractivity contribution in [2.24, 2.45) is 5.92 Å². The largest absolute Gasteiger partial charge is 0.444 e. The summed E-state index contributed by atoms with van der Waals surface area (Å²) in [4.78, 5) is 26.1. The third-order valence-corrected chi connectivity index (χ3v) is 4.30. The Kier molecular flexibility index (Phi) is 5.67. The molecule has 130 valence electrons. The first-order valence-electron chi connectivity index (χ1n) is 8.55. The van der Waals surface area contributed by atoms with Crippen molar-refractivity contribution in [3.63, 3.8) is 0 Å². The van der Waals surface area contributed by atoms with Crippen LogP contribution in [0.3, 0.4) is 0 Å². The van der Waals surface area contributed by atoms with Crippen molar-refractivity contribution in [2.45, 2.75) is 19.4 Å². The monoisotopic (exact) mass is 338 g/mol. The number of carbonyl (C=O) groups is 2.